The molecule has 4 heteroatoms. The van der Waals surface area contributed by atoms with E-state index in [-0.39, 0.29) is 5.91 Å². The average Bonchev–Trinajstić information content (AvgIpc) is 2.79. The van der Waals surface area contributed by atoms with Crippen molar-refractivity contribution in [3.63, 3.8) is 0 Å². The number of anilines is 1. The van der Waals surface area contributed by atoms with Crippen molar-refractivity contribution in [1.82, 2.24) is 4.90 Å². The van der Waals surface area contributed by atoms with Crippen molar-refractivity contribution in [3.8, 4) is 0 Å². The third kappa shape index (κ3) is 2.82. The van der Waals surface area contributed by atoms with Gasteiger partial charge in [0.15, 0.2) is 0 Å². The molecule has 1 heterocycles. The zero-order chi connectivity index (χ0) is 13.0. The zero-order valence-electron chi connectivity index (χ0n) is 10.9. The highest BCUT2D eigenvalue weighted by atomic mass is 16.2. The lowest BCUT2D eigenvalue weighted by molar-refractivity contribution is -0.128. The SMILES string of the molecule is CN(CCCN)C(=O)CN1CCc2ccccc21. The topological polar surface area (TPSA) is 49.6 Å². The number of nitrogens with two attached hydrogens (primary N) is 1. The van der Waals surface area contributed by atoms with Crippen LogP contribution >= 0.6 is 0 Å². The van der Waals surface area contributed by atoms with Crippen LogP contribution in [0.25, 0.3) is 0 Å². The highest BCUT2D eigenvalue weighted by Crippen LogP contribution is 2.26. The lowest BCUT2D eigenvalue weighted by atomic mass is 10.2. The standard InChI is InChI=1S/C14H21N3O/c1-16(9-4-8-15)14(18)11-17-10-7-12-5-2-3-6-13(12)17/h2-3,5-6H,4,7-11,15H2,1H3. The second-order valence-electron chi connectivity index (χ2n) is 4.76. The van der Waals surface area contributed by atoms with Crippen molar-refractivity contribution in [1.29, 1.82) is 0 Å². The van der Waals surface area contributed by atoms with Gasteiger partial charge in [0.05, 0.1) is 6.54 Å². The second kappa shape index (κ2) is 5.87. The Morgan fingerprint density at radius 2 is 2.22 bits per heavy atom. The number of likely N-dealkylation sites (N-methyl/N-ethyl adjacent to an activating group) is 1. The van der Waals surface area contributed by atoms with Crippen LogP contribution in [-0.4, -0.2) is 44.0 Å². The van der Waals surface area contributed by atoms with Crippen LogP contribution in [-0.2, 0) is 11.2 Å². The lowest BCUT2D eigenvalue weighted by Crippen LogP contribution is -2.38. The molecule has 1 aliphatic heterocycles. The van der Waals surface area contributed by atoms with Gasteiger partial charge in [0.25, 0.3) is 0 Å². The number of hydrogen-bond donors (Lipinski definition) is 1. The zero-order valence-corrected chi connectivity index (χ0v) is 10.9. The van der Waals surface area contributed by atoms with Crippen LogP contribution in [0.1, 0.15) is 12.0 Å². The first-order chi connectivity index (χ1) is 8.72. The Labute approximate surface area is 108 Å². The van der Waals surface area contributed by atoms with Crippen molar-refractivity contribution in [2.75, 3.05) is 38.1 Å². The third-order valence-electron chi connectivity index (χ3n) is 3.43. The molecule has 0 saturated heterocycles. The quantitative estimate of drug-likeness (QED) is 0.839. The van der Waals surface area contributed by atoms with E-state index in [1.165, 1.54) is 11.3 Å². The van der Waals surface area contributed by atoms with Crippen LogP contribution in [0.4, 0.5) is 5.69 Å². The van der Waals surface area contributed by atoms with E-state index in [0.717, 1.165) is 25.9 Å². The van der Waals surface area contributed by atoms with Crippen molar-refractivity contribution in [2.45, 2.75) is 12.8 Å². The number of carbonyl (C=O) groups is 1. The van der Waals surface area contributed by atoms with E-state index in [2.05, 4.69) is 23.1 Å². The number of fused-ring (bicyclic) bond motifs is 1. The summed E-state index contributed by atoms with van der Waals surface area (Å²) in [5.41, 5.74) is 8.00. The monoisotopic (exact) mass is 247 g/mol. The van der Waals surface area contributed by atoms with Gasteiger partial charge < -0.3 is 15.5 Å². The van der Waals surface area contributed by atoms with E-state index in [0.29, 0.717) is 13.1 Å². The molecule has 1 amide bonds. The summed E-state index contributed by atoms with van der Waals surface area (Å²) in [4.78, 5) is 16.0. The normalized spacial score (nSPS) is 13.6. The molecular formula is C14H21N3O. The van der Waals surface area contributed by atoms with Gasteiger partial charge in [-0.2, -0.15) is 0 Å². The lowest BCUT2D eigenvalue weighted by Gasteiger charge is -2.23. The van der Waals surface area contributed by atoms with E-state index in [1.54, 1.807) is 4.90 Å². The highest BCUT2D eigenvalue weighted by molar-refractivity contribution is 5.82. The fourth-order valence-electron chi connectivity index (χ4n) is 2.31. The van der Waals surface area contributed by atoms with Gasteiger partial charge in [-0.25, -0.2) is 0 Å². The molecule has 2 N–H and O–H groups in total. The summed E-state index contributed by atoms with van der Waals surface area (Å²) < 4.78 is 0. The number of carbonyl (C=O) groups excluding carboxylic acids is 1. The predicted molar refractivity (Wildman–Crippen MR) is 73.7 cm³/mol. The Morgan fingerprint density at radius 3 is 3.00 bits per heavy atom. The number of amides is 1. The largest absolute Gasteiger partial charge is 0.362 e. The Morgan fingerprint density at radius 1 is 1.44 bits per heavy atom. The van der Waals surface area contributed by atoms with E-state index in [1.807, 2.05) is 13.1 Å². The van der Waals surface area contributed by atoms with Crippen LogP contribution in [0, 0.1) is 0 Å². The van der Waals surface area contributed by atoms with Gasteiger partial charge in [-0.15, -0.1) is 0 Å². The molecule has 0 fully saturated rings. The molecule has 1 aromatic rings. The molecule has 0 aliphatic carbocycles. The van der Waals surface area contributed by atoms with Crippen molar-refractivity contribution < 1.29 is 4.79 Å². The van der Waals surface area contributed by atoms with Gasteiger partial charge in [0, 0.05) is 25.8 Å². The number of benzene rings is 1. The number of hydrogen-bond acceptors (Lipinski definition) is 3. The number of para-hydroxylation sites is 1. The summed E-state index contributed by atoms with van der Waals surface area (Å²) in [6.45, 7) is 2.78. The van der Waals surface area contributed by atoms with Crippen LogP contribution in [0.2, 0.25) is 0 Å². The van der Waals surface area contributed by atoms with Gasteiger partial charge in [0.1, 0.15) is 0 Å². The van der Waals surface area contributed by atoms with Crippen molar-refractivity contribution in [3.05, 3.63) is 29.8 Å². The van der Waals surface area contributed by atoms with Crippen molar-refractivity contribution >= 4 is 11.6 Å². The van der Waals surface area contributed by atoms with Crippen LogP contribution in [0.15, 0.2) is 24.3 Å². The minimum absolute atomic E-state index is 0.167. The third-order valence-corrected chi connectivity index (χ3v) is 3.43. The Bertz CT molecular complexity index is 419. The summed E-state index contributed by atoms with van der Waals surface area (Å²) in [5.74, 6) is 0.167. The molecule has 18 heavy (non-hydrogen) atoms. The van der Waals surface area contributed by atoms with Gasteiger partial charge in [-0.05, 0) is 31.0 Å². The molecular weight excluding hydrogens is 226 g/mol. The average molecular weight is 247 g/mol. The van der Waals surface area contributed by atoms with Gasteiger partial charge in [-0.3, -0.25) is 4.79 Å². The molecule has 0 spiro atoms. The van der Waals surface area contributed by atoms with Crippen LogP contribution in [0.5, 0.6) is 0 Å². The summed E-state index contributed by atoms with van der Waals surface area (Å²) in [7, 11) is 1.85. The first kappa shape index (κ1) is 12.9. The van der Waals surface area contributed by atoms with E-state index in [4.69, 9.17) is 5.73 Å². The van der Waals surface area contributed by atoms with E-state index < -0.39 is 0 Å². The highest BCUT2D eigenvalue weighted by Gasteiger charge is 2.21. The molecule has 0 aromatic heterocycles. The van der Waals surface area contributed by atoms with Crippen LogP contribution in [0.3, 0.4) is 0 Å². The Hall–Kier alpha value is -1.55. The smallest absolute Gasteiger partial charge is 0.241 e. The van der Waals surface area contributed by atoms with Gasteiger partial charge in [-0.1, -0.05) is 18.2 Å². The second-order valence-corrected chi connectivity index (χ2v) is 4.76. The fourth-order valence-corrected chi connectivity index (χ4v) is 2.31. The fraction of sp³-hybridized carbons (Fsp3) is 0.500. The minimum Gasteiger partial charge on any atom is -0.362 e. The minimum atomic E-state index is 0.167. The maximum Gasteiger partial charge on any atom is 0.241 e. The molecule has 98 valence electrons. The first-order valence-electron chi connectivity index (χ1n) is 6.49. The van der Waals surface area contributed by atoms with E-state index >= 15 is 0 Å². The maximum atomic E-state index is 12.1. The predicted octanol–water partition coefficient (Wildman–Crippen LogP) is 0.856. The Kier molecular flexibility index (Phi) is 4.20. The summed E-state index contributed by atoms with van der Waals surface area (Å²) >= 11 is 0. The molecule has 1 aliphatic rings. The molecule has 4 nitrogen and oxygen atoms in total. The molecule has 0 radical (unpaired) electrons. The molecule has 2 rings (SSSR count). The molecule has 1 aromatic carbocycles. The molecule has 0 atom stereocenters. The van der Waals surface area contributed by atoms with Crippen molar-refractivity contribution in [2.24, 2.45) is 5.73 Å². The van der Waals surface area contributed by atoms with E-state index in [9.17, 15) is 4.79 Å². The molecule has 0 unspecified atom stereocenters. The Balaban J connectivity index is 1.93. The molecule has 0 bridgehead atoms. The van der Waals surface area contributed by atoms with Crippen LogP contribution < -0.4 is 10.6 Å². The summed E-state index contributed by atoms with van der Waals surface area (Å²) in [5, 5.41) is 0. The number of rotatable bonds is 5. The summed E-state index contributed by atoms with van der Waals surface area (Å²) in [6.07, 6.45) is 1.90. The summed E-state index contributed by atoms with van der Waals surface area (Å²) in [6, 6.07) is 8.31. The first-order valence-corrected chi connectivity index (χ1v) is 6.49. The number of nitrogens with zero attached hydrogens (tertiary/aromatic N) is 2. The maximum absolute atomic E-state index is 12.1. The van der Waals surface area contributed by atoms with Gasteiger partial charge in [0.2, 0.25) is 5.91 Å². The van der Waals surface area contributed by atoms with Gasteiger partial charge >= 0.3 is 0 Å². The molecule has 0 saturated carbocycles.